The Hall–Kier alpha value is -1.90. The molecule has 1 saturated heterocycles. The molecule has 0 spiro atoms. The number of anilines is 1. The summed E-state index contributed by atoms with van der Waals surface area (Å²) in [4.78, 5) is 25.2. The van der Waals surface area contributed by atoms with Gasteiger partial charge in [-0.3, -0.25) is 9.69 Å². The quantitative estimate of drug-likeness (QED) is 0.873. The Balaban J connectivity index is 2.08. The molecule has 0 saturated carbocycles. The molecule has 1 aliphatic heterocycles. The lowest BCUT2D eigenvalue weighted by Gasteiger charge is -2.21. The number of nitrogens with one attached hydrogen (secondary N) is 1. The minimum atomic E-state index is -4.49. The van der Waals surface area contributed by atoms with Gasteiger partial charge in [-0.25, -0.2) is 4.79 Å². The number of ether oxygens (including phenoxy) is 1. The monoisotopic (exact) mass is 362 g/mol. The predicted molar refractivity (Wildman–Crippen MR) is 84.5 cm³/mol. The maximum Gasteiger partial charge on any atom is 0.416 e. The lowest BCUT2D eigenvalue weighted by molar-refractivity contribution is -0.137. The summed E-state index contributed by atoms with van der Waals surface area (Å²) in [5, 5.41) is 2.56. The van der Waals surface area contributed by atoms with Crippen molar-refractivity contribution < 1.29 is 27.5 Å². The van der Waals surface area contributed by atoms with Gasteiger partial charge in [0.1, 0.15) is 0 Å². The second-order valence-electron chi connectivity index (χ2n) is 6.22. The van der Waals surface area contributed by atoms with Crippen LogP contribution in [0.5, 0.6) is 0 Å². The molecule has 1 N–H and O–H groups in total. The van der Waals surface area contributed by atoms with Crippen molar-refractivity contribution in [3.63, 3.8) is 0 Å². The summed E-state index contributed by atoms with van der Waals surface area (Å²) < 4.78 is 43.4. The summed E-state index contributed by atoms with van der Waals surface area (Å²) >= 11 is 1.03. The van der Waals surface area contributed by atoms with Crippen LogP contribution in [-0.4, -0.2) is 28.9 Å². The first-order chi connectivity index (χ1) is 11.0. The third-order valence-electron chi connectivity index (χ3n) is 3.00. The van der Waals surface area contributed by atoms with Crippen LogP contribution in [0.1, 0.15) is 26.3 Å². The molecule has 132 valence electrons. The minimum Gasteiger partial charge on any atom is -0.425 e. The predicted octanol–water partition coefficient (Wildman–Crippen LogP) is 3.59. The summed E-state index contributed by atoms with van der Waals surface area (Å²) in [5.41, 5.74) is -2.33. The van der Waals surface area contributed by atoms with Crippen molar-refractivity contribution in [3.05, 3.63) is 29.8 Å². The SMILES string of the molecule is CC(C)(C)NC(=O)OC1SCN(c2cccc(C(F)(F)F)c2)C1=O. The van der Waals surface area contributed by atoms with E-state index in [9.17, 15) is 22.8 Å². The zero-order chi connectivity index (χ0) is 18.1. The van der Waals surface area contributed by atoms with Gasteiger partial charge in [0.2, 0.25) is 5.44 Å². The van der Waals surface area contributed by atoms with E-state index in [0.717, 1.165) is 28.8 Å². The number of halogens is 3. The highest BCUT2D eigenvalue weighted by molar-refractivity contribution is 8.01. The van der Waals surface area contributed by atoms with Crippen LogP contribution >= 0.6 is 11.8 Å². The number of carbonyl (C=O) groups is 2. The number of hydrogen-bond donors (Lipinski definition) is 1. The van der Waals surface area contributed by atoms with E-state index in [0.29, 0.717) is 0 Å². The van der Waals surface area contributed by atoms with E-state index in [1.54, 1.807) is 20.8 Å². The van der Waals surface area contributed by atoms with Gasteiger partial charge < -0.3 is 10.1 Å². The van der Waals surface area contributed by atoms with Crippen LogP contribution in [-0.2, 0) is 15.7 Å². The van der Waals surface area contributed by atoms with E-state index in [1.807, 2.05) is 0 Å². The number of rotatable bonds is 2. The van der Waals surface area contributed by atoms with Gasteiger partial charge in [0.25, 0.3) is 5.91 Å². The number of benzene rings is 1. The van der Waals surface area contributed by atoms with Crippen molar-refractivity contribution in [1.29, 1.82) is 0 Å². The molecule has 1 fully saturated rings. The molecular formula is C15H17F3N2O3S. The molecule has 0 bridgehead atoms. The highest BCUT2D eigenvalue weighted by Gasteiger charge is 2.38. The Kier molecular flexibility index (Phi) is 5.03. The van der Waals surface area contributed by atoms with Crippen molar-refractivity contribution in [2.75, 3.05) is 10.8 Å². The Morgan fingerprint density at radius 3 is 2.58 bits per heavy atom. The number of hydrogen-bond acceptors (Lipinski definition) is 4. The van der Waals surface area contributed by atoms with Crippen molar-refractivity contribution in [2.45, 2.75) is 37.9 Å². The lowest BCUT2D eigenvalue weighted by Crippen LogP contribution is -2.43. The van der Waals surface area contributed by atoms with Crippen molar-refractivity contribution in [2.24, 2.45) is 0 Å². The Morgan fingerprint density at radius 1 is 1.33 bits per heavy atom. The van der Waals surface area contributed by atoms with Crippen LogP contribution in [0.2, 0.25) is 0 Å². The molecule has 1 heterocycles. The number of nitrogens with zero attached hydrogens (tertiary/aromatic N) is 1. The van der Waals surface area contributed by atoms with Crippen LogP contribution in [0, 0.1) is 0 Å². The van der Waals surface area contributed by atoms with Gasteiger partial charge in [0.05, 0.1) is 11.4 Å². The first kappa shape index (κ1) is 18.4. The maximum absolute atomic E-state index is 12.8. The van der Waals surface area contributed by atoms with Gasteiger partial charge in [-0.1, -0.05) is 17.8 Å². The molecule has 1 aromatic carbocycles. The van der Waals surface area contributed by atoms with E-state index in [2.05, 4.69) is 5.32 Å². The Bertz CT molecular complexity index is 644. The molecule has 1 atom stereocenters. The first-order valence-corrected chi connectivity index (χ1v) is 8.11. The van der Waals surface area contributed by atoms with E-state index >= 15 is 0 Å². The molecule has 9 heteroatoms. The number of carbonyl (C=O) groups excluding carboxylic acids is 2. The van der Waals surface area contributed by atoms with E-state index < -0.39 is 34.7 Å². The van der Waals surface area contributed by atoms with Crippen LogP contribution in [0.25, 0.3) is 0 Å². The number of alkyl carbamates (subject to hydrolysis) is 1. The molecule has 1 aromatic rings. The fourth-order valence-corrected chi connectivity index (χ4v) is 2.96. The Labute approximate surface area is 141 Å². The van der Waals surface area contributed by atoms with E-state index in [1.165, 1.54) is 12.1 Å². The zero-order valence-electron chi connectivity index (χ0n) is 13.3. The van der Waals surface area contributed by atoms with Gasteiger partial charge in [0, 0.05) is 11.2 Å². The molecule has 5 nitrogen and oxygen atoms in total. The molecule has 2 rings (SSSR count). The standard InChI is InChI=1S/C15H17F3N2O3S/c1-14(2,3)19-13(22)23-12-11(21)20(8-24-12)10-6-4-5-9(7-10)15(16,17)18/h4-7,12H,8H2,1-3H3,(H,19,22). The molecular weight excluding hydrogens is 345 g/mol. The molecule has 24 heavy (non-hydrogen) atoms. The molecule has 2 amide bonds. The third-order valence-corrected chi connectivity index (χ3v) is 4.01. The molecule has 1 unspecified atom stereocenters. The maximum atomic E-state index is 12.8. The minimum absolute atomic E-state index is 0.105. The second-order valence-corrected chi connectivity index (χ2v) is 7.24. The van der Waals surface area contributed by atoms with Crippen LogP contribution < -0.4 is 10.2 Å². The molecule has 1 aliphatic rings. The highest BCUT2D eigenvalue weighted by atomic mass is 32.2. The average Bonchev–Trinajstić information content (AvgIpc) is 2.77. The highest BCUT2D eigenvalue weighted by Crippen LogP contribution is 2.35. The Morgan fingerprint density at radius 2 is 2.00 bits per heavy atom. The fourth-order valence-electron chi connectivity index (χ4n) is 1.97. The van der Waals surface area contributed by atoms with Crippen molar-refractivity contribution in [3.8, 4) is 0 Å². The number of thioether (sulfide) groups is 1. The molecule has 0 radical (unpaired) electrons. The summed E-state index contributed by atoms with van der Waals surface area (Å²) in [6.45, 7) is 5.27. The van der Waals surface area contributed by atoms with Gasteiger partial charge in [0.15, 0.2) is 0 Å². The van der Waals surface area contributed by atoms with Gasteiger partial charge in [-0.05, 0) is 39.0 Å². The van der Waals surface area contributed by atoms with Crippen LogP contribution in [0.3, 0.4) is 0 Å². The van der Waals surface area contributed by atoms with Crippen molar-refractivity contribution in [1.82, 2.24) is 5.32 Å². The fraction of sp³-hybridized carbons (Fsp3) is 0.467. The summed E-state index contributed by atoms with van der Waals surface area (Å²) in [5.74, 6) is -0.462. The van der Waals surface area contributed by atoms with Gasteiger partial charge >= 0.3 is 12.3 Å². The number of alkyl halides is 3. The van der Waals surface area contributed by atoms with Crippen LogP contribution in [0.15, 0.2) is 24.3 Å². The molecule has 0 aromatic heterocycles. The first-order valence-electron chi connectivity index (χ1n) is 7.06. The summed E-state index contributed by atoms with van der Waals surface area (Å²) in [6, 6.07) is 4.47. The lowest BCUT2D eigenvalue weighted by atomic mass is 10.1. The average molecular weight is 362 g/mol. The largest absolute Gasteiger partial charge is 0.425 e. The second kappa shape index (κ2) is 6.54. The summed E-state index contributed by atoms with van der Waals surface area (Å²) in [7, 11) is 0. The smallest absolute Gasteiger partial charge is 0.416 e. The van der Waals surface area contributed by atoms with Crippen molar-refractivity contribution >= 4 is 29.4 Å². The third kappa shape index (κ3) is 4.56. The topological polar surface area (TPSA) is 58.6 Å². The van der Waals surface area contributed by atoms with E-state index in [4.69, 9.17) is 4.74 Å². The number of amides is 2. The van der Waals surface area contributed by atoms with Crippen LogP contribution in [0.4, 0.5) is 23.7 Å². The van der Waals surface area contributed by atoms with Gasteiger partial charge in [-0.15, -0.1) is 0 Å². The van der Waals surface area contributed by atoms with Gasteiger partial charge in [-0.2, -0.15) is 13.2 Å². The van der Waals surface area contributed by atoms with E-state index in [-0.39, 0.29) is 11.6 Å². The summed E-state index contributed by atoms with van der Waals surface area (Å²) in [6.07, 6.45) is -5.24. The zero-order valence-corrected chi connectivity index (χ0v) is 14.1. The molecule has 0 aliphatic carbocycles. The normalized spacial score (nSPS) is 18.7.